The number of ether oxygens (including phenoxy) is 1. The van der Waals surface area contributed by atoms with Crippen LogP contribution >= 0.6 is 22.6 Å². The molecule has 1 fully saturated rings. The van der Waals surface area contributed by atoms with E-state index in [0.29, 0.717) is 12.5 Å². The summed E-state index contributed by atoms with van der Waals surface area (Å²) in [7, 11) is 0. The molecule has 19 heavy (non-hydrogen) atoms. The van der Waals surface area contributed by atoms with Crippen LogP contribution in [0, 0.1) is 9.49 Å². The Labute approximate surface area is 126 Å². The number of carbonyl (C=O) groups is 1. The van der Waals surface area contributed by atoms with Gasteiger partial charge in [-0.25, -0.2) is 0 Å². The van der Waals surface area contributed by atoms with Crippen LogP contribution < -0.4 is 4.74 Å². The number of piperidine rings is 1. The molecule has 1 heterocycles. The van der Waals surface area contributed by atoms with E-state index in [0.717, 1.165) is 31.7 Å². The second-order valence-electron chi connectivity index (χ2n) is 4.90. The van der Waals surface area contributed by atoms with Crippen molar-refractivity contribution in [3.05, 3.63) is 27.8 Å². The molecule has 1 aromatic rings. The van der Waals surface area contributed by atoms with Gasteiger partial charge in [0.15, 0.2) is 0 Å². The number of nitrogens with zero attached hydrogens (tertiary/aromatic N) is 1. The van der Waals surface area contributed by atoms with Gasteiger partial charge in [0, 0.05) is 16.0 Å². The molecule has 0 spiro atoms. The Morgan fingerprint density at radius 2 is 2.16 bits per heavy atom. The molecule has 2 rings (SSSR count). The topological polar surface area (TPSA) is 49.8 Å². The van der Waals surface area contributed by atoms with Gasteiger partial charge < -0.3 is 9.84 Å². The standard InChI is InChI=1S/C14H18INO3/c15-12-3-5-13(6-4-12)19-10-11-2-1-7-16(8-11)9-14(17)18/h3-6,11H,1-2,7-10H2,(H,17,18). The minimum atomic E-state index is -0.751. The summed E-state index contributed by atoms with van der Waals surface area (Å²) in [4.78, 5) is 12.7. The molecule has 0 amide bonds. The smallest absolute Gasteiger partial charge is 0.317 e. The number of hydrogen-bond donors (Lipinski definition) is 1. The molecule has 1 aliphatic heterocycles. The number of hydrogen-bond acceptors (Lipinski definition) is 3. The van der Waals surface area contributed by atoms with E-state index in [1.807, 2.05) is 29.2 Å². The average Bonchev–Trinajstić information content (AvgIpc) is 2.38. The summed E-state index contributed by atoms with van der Waals surface area (Å²) < 4.78 is 6.97. The van der Waals surface area contributed by atoms with E-state index in [1.54, 1.807) is 0 Å². The van der Waals surface area contributed by atoms with Gasteiger partial charge in [0.05, 0.1) is 13.2 Å². The predicted molar refractivity (Wildman–Crippen MR) is 81.5 cm³/mol. The van der Waals surface area contributed by atoms with Gasteiger partial charge in [0.25, 0.3) is 0 Å². The first-order valence-electron chi connectivity index (χ1n) is 6.46. The Kier molecular flexibility index (Phi) is 5.45. The molecule has 1 aromatic carbocycles. The number of aliphatic carboxylic acids is 1. The SMILES string of the molecule is O=C(O)CN1CCCC(COc2ccc(I)cc2)C1. The Hall–Kier alpha value is -0.820. The predicted octanol–water partition coefficient (Wildman–Crippen LogP) is 2.47. The van der Waals surface area contributed by atoms with Gasteiger partial charge in [-0.2, -0.15) is 0 Å². The van der Waals surface area contributed by atoms with Crippen molar-refractivity contribution in [2.45, 2.75) is 12.8 Å². The van der Waals surface area contributed by atoms with E-state index >= 15 is 0 Å². The van der Waals surface area contributed by atoms with E-state index in [2.05, 4.69) is 22.6 Å². The molecule has 1 saturated heterocycles. The van der Waals surface area contributed by atoms with Crippen LogP contribution in [0.2, 0.25) is 0 Å². The molecule has 0 saturated carbocycles. The third-order valence-electron chi connectivity index (χ3n) is 3.26. The van der Waals surface area contributed by atoms with Gasteiger partial charge in [0.1, 0.15) is 5.75 Å². The first-order valence-corrected chi connectivity index (χ1v) is 7.54. The molecule has 0 radical (unpaired) electrons. The minimum Gasteiger partial charge on any atom is -0.493 e. The number of carboxylic acids is 1. The van der Waals surface area contributed by atoms with Gasteiger partial charge in [-0.05, 0) is 66.2 Å². The van der Waals surface area contributed by atoms with Gasteiger partial charge >= 0.3 is 5.97 Å². The van der Waals surface area contributed by atoms with Crippen LogP contribution in [0.15, 0.2) is 24.3 Å². The molecule has 104 valence electrons. The van der Waals surface area contributed by atoms with Crippen LogP contribution in [0.5, 0.6) is 5.75 Å². The molecule has 4 nitrogen and oxygen atoms in total. The largest absolute Gasteiger partial charge is 0.493 e. The fourth-order valence-electron chi connectivity index (χ4n) is 2.37. The van der Waals surface area contributed by atoms with Crippen LogP contribution in [-0.4, -0.2) is 42.2 Å². The molecule has 1 atom stereocenters. The zero-order chi connectivity index (χ0) is 13.7. The van der Waals surface area contributed by atoms with Crippen molar-refractivity contribution in [1.29, 1.82) is 0 Å². The molecule has 0 aliphatic carbocycles. The fraction of sp³-hybridized carbons (Fsp3) is 0.500. The lowest BCUT2D eigenvalue weighted by molar-refractivity contribution is -0.138. The van der Waals surface area contributed by atoms with E-state index < -0.39 is 5.97 Å². The molecule has 1 unspecified atom stereocenters. The average molecular weight is 375 g/mol. The first-order chi connectivity index (χ1) is 9.13. The third-order valence-corrected chi connectivity index (χ3v) is 3.98. The van der Waals surface area contributed by atoms with Gasteiger partial charge in [-0.3, -0.25) is 9.69 Å². The maximum Gasteiger partial charge on any atom is 0.317 e. The summed E-state index contributed by atoms with van der Waals surface area (Å²) in [5.74, 6) is 0.558. The number of likely N-dealkylation sites (tertiary alicyclic amines) is 1. The number of halogens is 1. The molecule has 0 bridgehead atoms. The van der Waals surface area contributed by atoms with Crippen LogP contribution in [-0.2, 0) is 4.79 Å². The molecule has 0 aromatic heterocycles. The van der Waals surface area contributed by atoms with Crippen molar-refractivity contribution in [2.24, 2.45) is 5.92 Å². The van der Waals surface area contributed by atoms with Crippen molar-refractivity contribution in [3.8, 4) is 5.75 Å². The summed E-state index contributed by atoms with van der Waals surface area (Å²) in [6.07, 6.45) is 2.16. The summed E-state index contributed by atoms with van der Waals surface area (Å²) in [5.41, 5.74) is 0. The van der Waals surface area contributed by atoms with Crippen LogP contribution in [0.4, 0.5) is 0 Å². The van der Waals surface area contributed by atoms with E-state index in [4.69, 9.17) is 9.84 Å². The van der Waals surface area contributed by atoms with Crippen LogP contribution in [0.25, 0.3) is 0 Å². The molecular formula is C14H18INO3. The number of benzene rings is 1. The Morgan fingerprint density at radius 3 is 2.84 bits per heavy atom. The Balaban J connectivity index is 1.79. The fourth-order valence-corrected chi connectivity index (χ4v) is 2.73. The van der Waals surface area contributed by atoms with E-state index in [9.17, 15) is 4.79 Å². The highest BCUT2D eigenvalue weighted by Gasteiger charge is 2.21. The van der Waals surface area contributed by atoms with Crippen molar-refractivity contribution in [3.63, 3.8) is 0 Å². The monoisotopic (exact) mass is 375 g/mol. The third kappa shape index (κ3) is 4.99. The molecule has 1 N–H and O–H groups in total. The molecule has 1 aliphatic rings. The van der Waals surface area contributed by atoms with Crippen molar-refractivity contribution < 1.29 is 14.6 Å². The minimum absolute atomic E-state index is 0.139. The zero-order valence-electron chi connectivity index (χ0n) is 10.7. The quantitative estimate of drug-likeness (QED) is 0.804. The summed E-state index contributed by atoms with van der Waals surface area (Å²) >= 11 is 2.26. The Morgan fingerprint density at radius 1 is 1.42 bits per heavy atom. The number of rotatable bonds is 5. The lowest BCUT2D eigenvalue weighted by Gasteiger charge is -2.31. The highest BCUT2D eigenvalue weighted by molar-refractivity contribution is 14.1. The van der Waals surface area contributed by atoms with Crippen molar-refractivity contribution >= 4 is 28.6 Å². The van der Waals surface area contributed by atoms with E-state index in [1.165, 1.54) is 3.57 Å². The normalized spacial score (nSPS) is 20.2. The maximum atomic E-state index is 10.7. The lowest BCUT2D eigenvalue weighted by Crippen LogP contribution is -2.40. The van der Waals surface area contributed by atoms with Gasteiger partial charge in [0.2, 0.25) is 0 Å². The Bertz CT molecular complexity index is 421. The highest BCUT2D eigenvalue weighted by Crippen LogP contribution is 2.19. The van der Waals surface area contributed by atoms with E-state index in [-0.39, 0.29) is 6.54 Å². The summed E-state index contributed by atoms with van der Waals surface area (Å²) in [6.45, 7) is 2.50. The van der Waals surface area contributed by atoms with Crippen LogP contribution in [0.3, 0.4) is 0 Å². The first kappa shape index (κ1) is 14.6. The second kappa shape index (κ2) is 7.09. The molecular weight excluding hydrogens is 357 g/mol. The van der Waals surface area contributed by atoms with Crippen molar-refractivity contribution in [2.75, 3.05) is 26.2 Å². The summed E-state index contributed by atoms with van der Waals surface area (Å²) in [6, 6.07) is 7.99. The molecule has 5 heteroatoms. The van der Waals surface area contributed by atoms with Gasteiger partial charge in [-0.1, -0.05) is 0 Å². The summed E-state index contributed by atoms with van der Waals surface area (Å²) in [5, 5.41) is 8.81. The van der Waals surface area contributed by atoms with Gasteiger partial charge in [-0.15, -0.1) is 0 Å². The lowest BCUT2D eigenvalue weighted by atomic mass is 9.99. The second-order valence-corrected chi connectivity index (χ2v) is 6.15. The van der Waals surface area contributed by atoms with Crippen molar-refractivity contribution in [1.82, 2.24) is 4.90 Å². The maximum absolute atomic E-state index is 10.7. The highest BCUT2D eigenvalue weighted by atomic mass is 127. The van der Waals surface area contributed by atoms with Crippen LogP contribution in [0.1, 0.15) is 12.8 Å². The number of carboxylic acid groups (broad SMARTS) is 1. The zero-order valence-corrected chi connectivity index (χ0v) is 12.9.